The summed E-state index contributed by atoms with van der Waals surface area (Å²) >= 11 is 5.87. The van der Waals surface area contributed by atoms with E-state index in [4.69, 9.17) is 11.6 Å². The number of carbonyl (C=O) groups is 1. The SMILES string of the molecule is CC1CNCC(C)N1C(=O)c1cc(Cl)ccc1[N+](=O)[O-]. The Morgan fingerprint density at radius 3 is 2.55 bits per heavy atom. The first-order valence-electron chi connectivity index (χ1n) is 6.39. The molecule has 0 radical (unpaired) electrons. The number of nitrogens with one attached hydrogen (secondary N) is 1. The molecular formula is C13H16ClN3O3. The number of hydrogen-bond donors (Lipinski definition) is 1. The molecule has 108 valence electrons. The molecule has 0 bridgehead atoms. The summed E-state index contributed by atoms with van der Waals surface area (Å²) in [5.41, 5.74) is -0.166. The topological polar surface area (TPSA) is 75.5 Å². The third-order valence-electron chi connectivity index (χ3n) is 3.45. The molecular weight excluding hydrogens is 282 g/mol. The van der Waals surface area contributed by atoms with Crippen molar-refractivity contribution in [3.63, 3.8) is 0 Å². The lowest BCUT2D eigenvalue weighted by molar-refractivity contribution is -0.385. The molecule has 0 spiro atoms. The number of rotatable bonds is 2. The Balaban J connectivity index is 2.42. The van der Waals surface area contributed by atoms with Crippen LogP contribution in [-0.2, 0) is 0 Å². The predicted octanol–water partition coefficient (Wildman–Crippen LogP) is 2.07. The zero-order valence-corrected chi connectivity index (χ0v) is 12.1. The smallest absolute Gasteiger partial charge is 0.282 e. The summed E-state index contributed by atoms with van der Waals surface area (Å²) in [6, 6.07) is 4.01. The summed E-state index contributed by atoms with van der Waals surface area (Å²) in [4.78, 5) is 24.8. The van der Waals surface area contributed by atoms with Crippen molar-refractivity contribution in [2.24, 2.45) is 0 Å². The summed E-state index contributed by atoms with van der Waals surface area (Å²) < 4.78 is 0. The highest BCUT2D eigenvalue weighted by Crippen LogP contribution is 2.26. The van der Waals surface area contributed by atoms with Gasteiger partial charge in [-0.3, -0.25) is 14.9 Å². The van der Waals surface area contributed by atoms with Gasteiger partial charge in [-0.2, -0.15) is 0 Å². The first-order valence-corrected chi connectivity index (χ1v) is 6.77. The van der Waals surface area contributed by atoms with E-state index in [-0.39, 0.29) is 29.2 Å². The largest absolute Gasteiger partial charge is 0.330 e. The predicted molar refractivity (Wildman–Crippen MR) is 76.1 cm³/mol. The Hall–Kier alpha value is -1.66. The van der Waals surface area contributed by atoms with Gasteiger partial charge in [0.1, 0.15) is 5.56 Å². The van der Waals surface area contributed by atoms with E-state index in [1.165, 1.54) is 18.2 Å². The normalized spacial score (nSPS) is 22.6. The minimum atomic E-state index is -0.554. The van der Waals surface area contributed by atoms with Gasteiger partial charge >= 0.3 is 0 Å². The van der Waals surface area contributed by atoms with E-state index in [2.05, 4.69) is 5.32 Å². The van der Waals surface area contributed by atoms with Gasteiger partial charge in [0, 0.05) is 36.3 Å². The van der Waals surface area contributed by atoms with Crippen LogP contribution in [0.25, 0.3) is 0 Å². The van der Waals surface area contributed by atoms with E-state index in [0.29, 0.717) is 18.1 Å². The first-order chi connectivity index (χ1) is 9.41. The molecule has 6 nitrogen and oxygen atoms in total. The second-order valence-electron chi connectivity index (χ2n) is 4.99. The second-order valence-corrected chi connectivity index (χ2v) is 5.42. The zero-order chi connectivity index (χ0) is 14.9. The highest BCUT2D eigenvalue weighted by atomic mass is 35.5. The highest BCUT2D eigenvalue weighted by Gasteiger charge is 2.33. The van der Waals surface area contributed by atoms with Gasteiger partial charge in [-0.25, -0.2) is 0 Å². The molecule has 0 saturated carbocycles. The summed E-state index contributed by atoms with van der Waals surface area (Å²) in [6.07, 6.45) is 0. The number of hydrogen-bond acceptors (Lipinski definition) is 4. The third kappa shape index (κ3) is 2.76. The van der Waals surface area contributed by atoms with Gasteiger partial charge in [-0.05, 0) is 26.0 Å². The van der Waals surface area contributed by atoms with Gasteiger partial charge in [0.2, 0.25) is 0 Å². The van der Waals surface area contributed by atoms with Gasteiger partial charge in [0.15, 0.2) is 0 Å². The number of amides is 1. The summed E-state index contributed by atoms with van der Waals surface area (Å²) in [7, 11) is 0. The lowest BCUT2D eigenvalue weighted by atomic mass is 10.1. The van der Waals surface area contributed by atoms with Gasteiger partial charge in [-0.15, -0.1) is 0 Å². The number of nitrogens with zero attached hydrogens (tertiary/aromatic N) is 2. The Morgan fingerprint density at radius 2 is 2.00 bits per heavy atom. The Kier molecular flexibility index (Phi) is 4.25. The lowest BCUT2D eigenvalue weighted by Gasteiger charge is -2.39. The lowest BCUT2D eigenvalue weighted by Crippen LogP contribution is -2.57. The van der Waals surface area contributed by atoms with Crippen LogP contribution >= 0.6 is 11.6 Å². The van der Waals surface area contributed by atoms with Crippen molar-refractivity contribution in [2.75, 3.05) is 13.1 Å². The molecule has 2 atom stereocenters. The maximum absolute atomic E-state index is 12.6. The Morgan fingerprint density at radius 1 is 1.40 bits per heavy atom. The van der Waals surface area contributed by atoms with Crippen LogP contribution < -0.4 is 5.32 Å². The van der Waals surface area contributed by atoms with E-state index < -0.39 is 4.92 Å². The fraction of sp³-hybridized carbons (Fsp3) is 0.462. The first kappa shape index (κ1) is 14.7. The molecule has 1 heterocycles. The molecule has 1 fully saturated rings. The molecule has 0 aliphatic carbocycles. The maximum atomic E-state index is 12.6. The van der Waals surface area contributed by atoms with Gasteiger partial charge in [0.05, 0.1) is 4.92 Å². The number of halogens is 1. The molecule has 1 amide bonds. The van der Waals surface area contributed by atoms with Crippen LogP contribution in [0.5, 0.6) is 0 Å². The molecule has 0 aromatic heterocycles. The molecule has 1 aromatic rings. The summed E-state index contributed by atoms with van der Waals surface area (Å²) in [6.45, 7) is 5.17. The fourth-order valence-corrected chi connectivity index (χ4v) is 2.68. The molecule has 20 heavy (non-hydrogen) atoms. The van der Waals surface area contributed by atoms with Gasteiger partial charge in [0.25, 0.3) is 11.6 Å². The molecule has 1 aromatic carbocycles. The molecule has 1 N–H and O–H groups in total. The zero-order valence-electron chi connectivity index (χ0n) is 11.3. The van der Waals surface area contributed by atoms with Crippen LogP contribution in [0.15, 0.2) is 18.2 Å². The van der Waals surface area contributed by atoms with E-state index in [1.54, 1.807) is 4.90 Å². The molecule has 7 heteroatoms. The van der Waals surface area contributed by atoms with E-state index >= 15 is 0 Å². The standard InChI is InChI=1S/C13H16ClN3O3/c1-8-6-15-7-9(2)16(8)13(18)11-5-10(14)3-4-12(11)17(19)20/h3-5,8-9,15H,6-7H2,1-2H3. The molecule has 2 rings (SSSR count). The van der Waals surface area contributed by atoms with Crippen molar-refractivity contribution in [1.82, 2.24) is 10.2 Å². The van der Waals surface area contributed by atoms with Gasteiger partial charge < -0.3 is 10.2 Å². The molecule has 1 aliphatic rings. The van der Waals surface area contributed by atoms with Crippen molar-refractivity contribution >= 4 is 23.2 Å². The van der Waals surface area contributed by atoms with E-state index in [1.807, 2.05) is 13.8 Å². The van der Waals surface area contributed by atoms with Crippen molar-refractivity contribution in [3.8, 4) is 0 Å². The van der Waals surface area contributed by atoms with Crippen molar-refractivity contribution in [3.05, 3.63) is 38.9 Å². The number of nitro benzene ring substituents is 1. The van der Waals surface area contributed by atoms with Crippen molar-refractivity contribution in [2.45, 2.75) is 25.9 Å². The second kappa shape index (κ2) is 5.76. The number of nitro groups is 1. The minimum Gasteiger partial charge on any atom is -0.330 e. The maximum Gasteiger partial charge on any atom is 0.282 e. The van der Waals surface area contributed by atoms with E-state index in [9.17, 15) is 14.9 Å². The third-order valence-corrected chi connectivity index (χ3v) is 3.68. The van der Waals surface area contributed by atoms with Crippen LogP contribution in [0.2, 0.25) is 5.02 Å². The van der Waals surface area contributed by atoms with Crippen LogP contribution in [0.1, 0.15) is 24.2 Å². The van der Waals surface area contributed by atoms with Gasteiger partial charge in [-0.1, -0.05) is 11.6 Å². The quantitative estimate of drug-likeness (QED) is 0.670. The summed E-state index contributed by atoms with van der Waals surface area (Å²) in [5.74, 6) is -0.347. The Labute approximate surface area is 121 Å². The Bertz CT molecular complexity index is 540. The number of piperazine rings is 1. The van der Waals surface area contributed by atoms with E-state index in [0.717, 1.165) is 0 Å². The number of benzene rings is 1. The average Bonchev–Trinajstić information content (AvgIpc) is 2.37. The van der Waals surface area contributed by atoms with Crippen LogP contribution in [-0.4, -0.2) is 40.9 Å². The average molecular weight is 298 g/mol. The molecule has 1 aliphatic heterocycles. The monoisotopic (exact) mass is 297 g/mol. The molecule has 2 unspecified atom stereocenters. The van der Waals surface area contributed by atoms with Crippen LogP contribution in [0.3, 0.4) is 0 Å². The van der Waals surface area contributed by atoms with Crippen molar-refractivity contribution in [1.29, 1.82) is 0 Å². The summed E-state index contributed by atoms with van der Waals surface area (Å²) in [5, 5.41) is 14.6. The highest BCUT2D eigenvalue weighted by molar-refractivity contribution is 6.31. The fourth-order valence-electron chi connectivity index (χ4n) is 2.51. The van der Waals surface area contributed by atoms with Crippen LogP contribution in [0, 0.1) is 10.1 Å². The minimum absolute atomic E-state index is 0.0233. The number of carbonyl (C=O) groups excluding carboxylic acids is 1. The van der Waals surface area contributed by atoms with Crippen LogP contribution in [0.4, 0.5) is 5.69 Å². The van der Waals surface area contributed by atoms with Crippen molar-refractivity contribution < 1.29 is 9.72 Å². The molecule has 1 saturated heterocycles.